The van der Waals surface area contributed by atoms with E-state index in [-0.39, 0.29) is 11.3 Å². The Morgan fingerprint density at radius 2 is 2.32 bits per heavy atom. The van der Waals surface area contributed by atoms with Crippen LogP contribution in [0.4, 0.5) is 0 Å². The van der Waals surface area contributed by atoms with Crippen molar-refractivity contribution in [1.29, 1.82) is 5.26 Å². The highest BCUT2D eigenvalue weighted by molar-refractivity contribution is 5.85. The highest BCUT2D eigenvalue weighted by atomic mass is 16.5. The Kier molecular flexibility index (Phi) is 2.67. The molecule has 5 heteroatoms. The van der Waals surface area contributed by atoms with E-state index >= 15 is 0 Å². The molecule has 0 N–H and O–H groups in total. The first kappa shape index (κ1) is 12.0. The number of rotatable bonds is 1. The molecule has 5 nitrogen and oxygen atoms in total. The van der Waals surface area contributed by atoms with Crippen LogP contribution in [0.15, 0.2) is 12.4 Å². The van der Waals surface area contributed by atoms with E-state index in [0.717, 1.165) is 18.4 Å². The van der Waals surface area contributed by atoms with Crippen LogP contribution < -0.4 is 4.74 Å². The van der Waals surface area contributed by atoms with Crippen LogP contribution in [0, 0.1) is 16.7 Å². The smallest absolute Gasteiger partial charge is 0.228 e. The molecule has 0 bridgehead atoms. The van der Waals surface area contributed by atoms with E-state index in [9.17, 15) is 4.79 Å². The van der Waals surface area contributed by atoms with Gasteiger partial charge >= 0.3 is 0 Å². The molecule has 1 saturated carbocycles. The lowest BCUT2D eigenvalue weighted by Crippen LogP contribution is -2.37. The van der Waals surface area contributed by atoms with Crippen molar-refractivity contribution in [2.24, 2.45) is 5.41 Å². The van der Waals surface area contributed by atoms with Gasteiger partial charge in [0.15, 0.2) is 0 Å². The number of carbonyl (C=O) groups excluding carboxylic acids is 1. The summed E-state index contributed by atoms with van der Waals surface area (Å²) in [4.78, 5) is 18.2. The second-order valence-corrected chi connectivity index (χ2v) is 5.42. The molecule has 1 amide bonds. The maximum atomic E-state index is 12.4. The molecule has 98 valence electrons. The van der Waals surface area contributed by atoms with Crippen molar-refractivity contribution in [3.63, 3.8) is 0 Å². The van der Waals surface area contributed by atoms with Gasteiger partial charge in [-0.1, -0.05) is 6.92 Å². The number of nitriles is 1. The van der Waals surface area contributed by atoms with E-state index in [2.05, 4.69) is 11.1 Å². The Bertz CT molecular complexity index is 573. The van der Waals surface area contributed by atoms with Gasteiger partial charge in [0.2, 0.25) is 5.91 Å². The number of pyridine rings is 1. The first-order chi connectivity index (χ1) is 9.14. The van der Waals surface area contributed by atoms with E-state index in [1.807, 2.05) is 11.8 Å². The molecule has 1 fully saturated rings. The van der Waals surface area contributed by atoms with Crippen molar-refractivity contribution in [3.8, 4) is 11.8 Å². The highest BCUT2D eigenvalue weighted by Crippen LogP contribution is 2.47. The lowest BCUT2D eigenvalue weighted by atomic mass is 10.1. The molecule has 3 rings (SSSR count). The summed E-state index contributed by atoms with van der Waals surface area (Å²) in [6.45, 7) is 3.47. The predicted molar refractivity (Wildman–Crippen MR) is 67.2 cm³/mol. The Morgan fingerprint density at radius 3 is 3.00 bits per heavy atom. The van der Waals surface area contributed by atoms with E-state index in [4.69, 9.17) is 10.00 Å². The fraction of sp³-hybridized carbons (Fsp3) is 0.500. The molecule has 0 atom stereocenters. The molecule has 1 aliphatic heterocycles. The Hall–Kier alpha value is -2.09. The Morgan fingerprint density at radius 1 is 1.53 bits per heavy atom. The van der Waals surface area contributed by atoms with Crippen molar-refractivity contribution in [2.75, 3.05) is 13.2 Å². The van der Waals surface area contributed by atoms with Crippen molar-refractivity contribution in [3.05, 3.63) is 23.5 Å². The van der Waals surface area contributed by atoms with Crippen molar-refractivity contribution >= 4 is 5.91 Å². The molecule has 1 aromatic heterocycles. The summed E-state index contributed by atoms with van der Waals surface area (Å²) in [7, 11) is 0. The SMILES string of the molecule is CC1(C(=O)N2CCOc3c(C#N)cncc3C2)CC1. The van der Waals surface area contributed by atoms with Crippen molar-refractivity contribution < 1.29 is 9.53 Å². The fourth-order valence-electron chi connectivity index (χ4n) is 2.35. The third kappa shape index (κ3) is 2.03. The van der Waals surface area contributed by atoms with E-state index in [1.165, 1.54) is 6.20 Å². The second kappa shape index (κ2) is 4.23. The summed E-state index contributed by atoms with van der Waals surface area (Å²) in [6.07, 6.45) is 5.11. The fourth-order valence-corrected chi connectivity index (χ4v) is 2.35. The molecule has 19 heavy (non-hydrogen) atoms. The monoisotopic (exact) mass is 257 g/mol. The standard InChI is InChI=1S/C14H15N3O2/c1-14(2-3-14)13(18)17-4-5-19-12-10(6-15)7-16-8-11(12)9-17/h7-8H,2-5,9H2,1H3. The summed E-state index contributed by atoms with van der Waals surface area (Å²) >= 11 is 0. The maximum absolute atomic E-state index is 12.4. The number of hydrogen-bond donors (Lipinski definition) is 0. The van der Waals surface area contributed by atoms with Gasteiger partial charge in [0.25, 0.3) is 0 Å². The molecule has 1 aromatic rings. The molecular formula is C14H15N3O2. The molecule has 0 unspecified atom stereocenters. The number of fused-ring (bicyclic) bond motifs is 1. The van der Waals surface area contributed by atoms with E-state index in [1.54, 1.807) is 6.20 Å². The van der Waals surface area contributed by atoms with Gasteiger partial charge in [-0.2, -0.15) is 5.26 Å². The van der Waals surface area contributed by atoms with Gasteiger partial charge in [-0.15, -0.1) is 0 Å². The van der Waals surface area contributed by atoms with Gasteiger partial charge in [-0.3, -0.25) is 9.78 Å². The zero-order valence-electron chi connectivity index (χ0n) is 10.8. The zero-order chi connectivity index (χ0) is 13.5. The third-order valence-corrected chi connectivity index (χ3v) is 3.86. The van der Waals surface area contributed by atoms with Crippen LogP contribution in [0.1, 0.15) is 30.9 Å². The zero-order valence-corrected chi connectivity index (χ0v) is 10.8. The van der Waals surface area contributed by atoms with Crippen LogP contribution in [0.2, 0.25) is 0 Å². The maximum Gasteiger partial charge on any atom is 0.228 e. The minimum atomic E-state index is -0.176. The number of ether oxygens (including phenoxy) is 1. The number of carbonyl (C=O) groups is 1. The van der Waals surface area contributed by atoms with E-state index < -0.39 is 0 Å². The van der Waals surface area contributed by atoms with Gasteiger partial charge in [0.1, 0.15) is 24.0 Å². The summed E-state index contributed by atoms with van der Waals surface area (Å²) in [5, 5.41) is 9.05. The molecule has 2 heterocycles. The largest absolute Gasteiger partial charge is 0.490 e. The van der Waals surface area contributed by atoms with Gasteiger partial charge in [-0.25, -0.2) is 0 Å². The average Bonchev–Trinajstić information content (AvgIpc) is 3.19. The van der Waals surface area contributed by atoms with Crippen molar-refractivity contribution in [1.82, 2.24) is 9.88 Å². The highest BCUT2D eigenvalue weighted by Gasteiger charge is 2.47. The average molecular weight is 257 g/mol. The first-order valence-corrected chi connectivity index (χ1v) is 6.43. The van der Waals surface area contributed by atoms with Gasteiger partial charge in [0.05, 0.1) is 13.1 Å². The van der Waals surface area contributed by atoms with Gasteiger partial charge in [-0.05, 0) is 12.8 Å². The quantitative estimate of drug-likeness (QED) is 0.764. The van der Waals surface area contributed by atoms with Crippen molar-refractivity contribution in [2.45, 2.75) is 26.3 Å². The number of hydrogen-bond acceptors (Lipinski definition) is 4. The summed E-state index contributed by atoms with van der Waals surface area (Å²) < 4.78 is 5.63. The Balaban J connectivity index is 1.89. The van der Waals surface area contributed by atoms with Crippen LogP contribution in [0.5, 0.6) is 5.75 Å². The molecule has 1 aliphatic carbocycles. The summed E-state index contributed by atoms with van der Waals surface area (Å²) in [6, 6.07) is 2.08. The molecular weight excluding hydrogens is 242 g/mol. The Labute approximate surface area is 111 Å². The first-order valence-electron chi connectivity index (χ1n) is 6.43. The van der Waals surface area contributed by atoms with Crippen LogP contribution in [-0.4, -0.2) is 28.9 Å². The third-order valence-electron chi connectivity index (χ3n) is 3.86. The summed E-state index contributed by atoms with van der Waals surface area (Å²) in [5.41, 5.74) is 1.07. The molecule has 2 aliphatic rings. The van der Waals surface area contributed by atoms with Crippen LogP contribution in [-0.2, 0) is 11.3 Å². The van der Waals surface area contributed by atoms with Crippen LogP contribution in [0.3, 0.4) is 0 Å². The predicted octanol–water partition coefficient (Wildman–Crippen LogP) is 1.47. The molecule has 0 spiro atoms. The normalized spacial score (nSPS) is 19.7. The summed E-state index contributed by atoms with van der Waals surface area (Å²) in [5.74, 6) is 0.764. The lowest BCUT2D eigenvalue weighted by molar-refractivity contribution is -0.137. The topological polar surface area (TPSA) is 66.2 Å². The van der Waals surface area contributed by atoms with Crippen LogP contribution in [0.25, 0.3) is 0 Å². The second-order valence-electron chi connectivity index (χ2n) is 5.42. The van der Waals surface area contributed by atoms with Crippen LogP contribution >= 0.6 is 0 Å². The minimum absolute atomic E-state index is 0.176. The number of nitrogens with zero attached hydrogens (tertiary/aromatic N) is 3. The minimum Gasteiger partial charge on any atom is -0.490 e. The van der Waals surface area contributed by atoms with Gasteiger partial charge in [0, 0.05) is 23.4 Å². The van der Waals surface area contributed by atoms with Gasteiger partial charge < -0.3 is 9.64 Å². The number of amides is 1. The molecule has 0 aromatic carbocycles. The molecule has 0 saturated heterocycles. The van der Waals surface area contributed by atoms with E-state index in [0.29, 0.717) is 31.0 Å². The lowest BCUT2D eigenvalue weighted by Gasteiger charge is -2.23. The number of aromatic nitrogens is 1. The molecule has 0 radical (unpaired) electrons.